The zero-order valence-corrected chi connectivity index (χ0v) is 12.1. The first-order valence-electron chi connectivity index (χ1n) is 6.34. The predicted octanol–water partition coefficient (Wildman–Crippen LogP) is 3.70. The summed E-state index contributed by atoms with van der Waals surface area (Å²) in [4.78, 5) is 11.9. The summed E-state index contributed by atoms with van der Waals surface area (Å²) in [6.45, 7) is 9.38. The maximum atomic E-state index is 11.9. The zero-order chi connectivity index (χ0) is 14.5. The quantitative estimate of drug-likeness (QED) is 0.599. The molecule has 0 radical (unpaired) electrons. The van der Waals surface area contributed by atoms with Crippen LogP contribution in [0.2, 0.25) is 0 Å². The Morgan fingerprint density at radius 2 is 2.11 bits per heavy atom. The van der Waals surface area contributed by atoms with Gasteiger partial charge in [-0.3, -0.25) is 4.79 Å². The van der Waals surface area contributed by atoms with E-state index in [0.29, 0.717) is 0 Å². The lowest BCUT2D eigenvalue weighted by atomic mass is 9.95. The topological polar surface area (TPSA) is 35.5 Å². The summed E-state index contributed by atoms with van der Waals surface area (Å²) in [5.74, 6) is 0.485. The molecule has 1 rings (SSSR count). The van der Waals surface area contributed by atoms with E-state index in [-0.39, 0.29) is 18.3 Å². The van der Waals surface area contributed by atoms with Gasteiger partial charge in [-0.15, -0.1) is 6.58 Å². The van der Waals surface area contributed by atoms with Crippen molar-refractivity contribution < 1.29 is 14.3 Å². The molecule has 0 spiro atoms. The zero-order valence-electron chi connectivity index (χ0n) is 12.1. The number of rotatable bonds is 5. The van der Waals surface area contributed by atoms with Crippen LogP contribution in [0.4, 0.5) is 0 Å². The normalized spacial score (nSPS) is 12.6. The molecule has 0 aliphatic heterocycles. The summed E-state index contributed by atoms with van der Waals surface area (Å²) in [6.07, 6.45) is 2.05. The summed E-state index contributed by atoms with van der Waals surface area (Å²) < 4.78 is 10.5. The van der Waals surface area contributed by atoms with Crippen LogP contribution in [0.1, 0.15) is 38.7 Å². The van der Waals surface area contributed by atoms with Crippen LogP contribution in [0.25, 0.3) is 0 Å². The summed E-state index contributed by atoms with van der Waals surface area (Å²) in [6, 6.07) is 7.65. The third-order valence-corrected chi connectivity index (χ3v) is 2.61. The summed E-state index contributed by atoms with van der Waals surface area (Å²) >= 11 is 0. The average Bonchev–Trinajstić information content (AvgIpc) is 2.34. The first-order valence-corrected chi connectivity index (χ1v) is 6.34. The molecule has 0 heterocycles. The first-order chi connectivity index (χ1) is 8.85. The number of esters is 1. The molecule has 0 aliphatic carbocycles. The molecule has 0 aliphatic rings. The molecule has 3 heteroatoms. The molecular weight excluding hydrogens is 240 g/mol. The lowest BCUT2D eigenvalue weighted by molar-refractivity contribution is -0.155. The molecule has 1 aromatic carbocycles. The number of hydrogen-bond donors (Lipinski definition) is 0. The van der Waals surface area contributed by atoms with Crippen molar-refractivity contribution >= 4 is 5.97 Å². The van der Waals surface area contributed by atoms with Crippen LogP contribution in [0.3, 0.4) is 0 Å². The Bertz CT molecular complexity index is 444. The van der Waals surface area contributed by atoms with E-state index in [0.717, 1.165) is 11.3 Å². The molecule has 19 heavy (non-hydrogen) atoms. The Morgan fingerprint density at radius 3 is 2.63 bits per heavy atom. The Kier molecular flexibility index (Phi) is 5.16. The molecule has 0 aromatic heterocycles. The largest absolute Gasteiger partial charge is 0.497 e. The Morgan fingerprint density at radius 1 is 1.42 bits per heavy atom. The Hall–Kier alpha value is -1.77. The molecule has 104 valence electrons. The van der Waals surface area contributed by atoms with Crippen molar-refractivity contribution in [2.45, 2.75) is 38.7 Å². The maximum absolute atomic E-state index is 11.9. The van der Waals surface area contributed by atoms with E-state index in [1.165, 1.54) is 0 Å². The molecule has 0 amide bonds. The highest BCUT2D eigenvalue weighted by Gasteiger charge is 2.20. The standard InChI is InChI=1S/C16H22O3/c1-6-12(11-15(17)19-16(2,3)4)13-8-7-9-14(10-13)18-5/h6-10,12H,1,11H2,2-5H3. The lowest BCUT2D eigenvalue weighted by Gasteiger charge is -2.21. The molecule has 3 nitrogen and oxygen atoms in total. The number of carbonyl (C=O) groups is 1. The highest BCUT2D eigenvalue weighted by atomic mass is 16.6. The number of hydrogen-bond acceptors (Lipinski definition) is 3. The van der Waals surface area contributed by atoms with Crippen LogP contribution in [0.5, 0.6) is 5.75 Å². The van der Waals surface area contributed by atoms with Crippen LogP contribution in [-0.2, 0) is 9.53 Å². The second-order valence-corrected chi connectivity index (χ2v) is 5.41. The Balaban J connectivity index is 2.77. The SMILES string of the molecule is C=CC(CC(=O)OC(C)(C)C)c1cccc(OC)c1. The van der Waals surface area contributed by atoms with Gasteiger partial charge in [-0.2, -0.15) is 0 Å². The molecular formula is C16H22O3. The van der Waals surface area contributed by atoms with Gasteiger partial charge in [0.25, 0.3) is 0 Å². The number of allylic oxidation sites excluding steroid dienone is 1. The van der Waals surface area contributed by atoms with Gasteiger partial charge in [0.15, 0.2) is 0 Å². The van der Waals surface area contributed by atoms with Crippen molar-refractivity contribution in [2.75, 3.05) is 7.11 Å². The van der Waals surface area contributed by atoms with Crippen molar-refractivity contribution in [3.63, 3.8) is 0 Å². The van der Waals surface area contributed by atoms with Gasteiger partial charge in [0, 0.05) is 5.92 Å². The van der Waals surface area contributed by atoms with Crippen LogP contribution in [0.15, 0.2) is 36.9 Å². The minimum absolute atomic E-state index is 0.0649. The first kappa shape index (κ1) is 15.3. The van der Waals surface area contributed by atoms with Crippen LogP contribution >= 0.6 is 0 Å². The van der Waals surface area contributed by atoms with E-state index < -0.39 is 5.60 Å². The molecule has 0 saturated carbocycles. The summed E-state index contributed by atoms with van der Waals surface area (Å²) in [5.41, 5.74) is 0.539. The highest BCUT2D eigenvalue weighted by molar-refractivity contribution is 5.71. The van der Waals surface area contributed by atoms with Crippen molar-refractivity contribution in [1.29, 1.82) is 0 Å². The fraction of sp³-hybridized carbons (Fsp3) is 0.438. The van der Waals surface area contributed by atoms with E-state index in [1.54, 1.807) is 13.2 Å². The van der Waals surface area contributed by atoms with Gasteiger partial charge >= 0.3 is 5.97 Å². The van der Waals surface area contributed by atoms with E-state index in [2.05, 4.69) is 6.58 Å². The van der Waals surface area contributed by atoms with Crippen LogP contribution in [0, 0.1) is 0 Å². The molecule has 0 fully saturated rings. The van der Waals surface area contributed by atoms with E-state index in [1.807, 2.05) is 45.0 Å². The minimum Gasteiger partial charge on any atom is -0.497 e. The number of benzene rings is 1. The van der Waals surface area contributed by atoms with Crippen molar-refractivity contribution in [2.24, 2.45) is 0 Å². The van der Waals surface area contributed by atoms with E-state index in [4.69, 9.17) is 9.47 Å². The molecule has 0 bridgehead atoms. The fourth-order valence-electron chi connectivity index (χ4n) is 1.77. The van der Waals surface area contributed by atoms with Gasteiger partial charge in [-0.25, -0.2) is 0 Å². The highest BCUT2D eigenvalue weighted by Crippen LogP contribution is 2.25. The van der Waals surface area contributed by atoms with Gasteiger partial charge in [0.05, 0.1) is 13.5 Å². The van der Waals surface area contributed by atoms with E-state index in [9.17, 15) is 4.79 Å². The number of methoxy groups -OCH3 is 1. The van der Waals surface area contributed by atoms with Gasteiger partial charge in [-0.1, -0.05) is 18.2 Å². The van der Waals surface area contributed by atoms with Gasteiger partial charge in [0.2, 0.25) is 0 Å². The summed E-state index contributed by atoms with van der Waals surface area (Å²) in [5, 5.41) is 0. The lowest BCUT2D eigenvalue weighted by Crippen LogP contribution is -2.24. The molecule has 0 N–H and O–H groups in total. The van der Waals surface area contributed by atoms with Crippen molar-refractivity contribution in [3.8, 4) is 5.75 Å². The van der Waals surface area contributed by atoms with Gasteiger partial charge in [-0.05, 0) is 38.5 Å². The van der Waals surface area contributed by atoms with Crippen molar-refractivity contribution in [1.82, 2.24) is 0 Å². The minimum atomic E-state index is -0.461. The molecule has 0 saturated heterocycles. The predicted molar refractivity (Wildman–Crippen MR) is 76.4 cm³/mol. The second-order valence-electron chi connectivity index (χ2n) is 5.41. The third-order valence-electron chi connectivity index (χ3n) is 2.61. The van der Waals surface area contributed by atoms with E-state index >= 15 is 0 Å². The number of carbonyl (C=O) groups excluding carboxylic acids is 1. The average molecular weight is 262 g/mol. The van der Waals surface area contributed by atoms with Gasteiger partial charge < -0.3 is 9.47 Å². The number of ether oxygens (including phenoxy) is 2. The van der Waals surface area contributed by atoms with Gasteiger partial charge in [0.1, 0.15) is 11.4 Å². The monoisotopic (exact) mass is 262 g/mol. The van der Waals surface area contributed by atoms with Crippen molar-refractivity contribution in [3.05, 3.63) is 42.5 Å². The summed E-state index contributed by atoms with van der Waals surface area (Å²) in [7, 11) is 1.62. The molecule has 1 atom stereocenters. The maximum Gasteiger partial charge on any atom is 0.307 e. The second kappa shape index (κ2) is 6.41. The smallest absolute Gasteiger partial charge is 0.307 e. The van der Waals surface area contributed by atoms with Crippen LogP contribution < -0.4 is 4.74 Å². The third kappa shape index (κ3) is 5.16. The molecule has 1 unspecified atom stereocenters. The Labute approximate surface area is 115 Å². The fourth-order valence-corrected chi connectivity index (χ4v) is 1.77. The van der Waals surface area contributed by atoms with Crippen LogP contribution in [-0.4, -0.2) is 18.7 Å². The molecule has 1 aromatic rings.